The Bertz CT molecular complexity index is 289. The number of carbonyl (C=O) groups is 1. The molecule has 2 heterocycles. The summed E-state index contributed by atoms with van der Waals surface area (Å²) in [6.07, 6.45) is -2.95. The SMILES string of the molecule is O=C1CN(C2CCNCC2)C(C(F)(F)F)CN1. The topological polar surface area (TPSA) is 44.4 Å². The second kappa shape index (κ2) is 4.81. The van der Waals surface area contributed by atoms with Crippen molar-refractivity contribution in [3.63, 3.8) is 0 Å². The molecule has 98 valence electrons. The summed E-state index contributed by atoms with van der Waals surface area (Å²) in [4.78, 5) is 12.6. The van der Waals surface area contributed by atoms with Crippen molar-refractivity contribution < 1.29 is 18.0 Å². The maximum absolute atomic E-state index is 12.9. The number of piperidine rings is 1. The maximum Gasteiger partial charge on any atom is 0.405 e. The fraction of sp³-hybridized carbons (Fsp3) is 0.900. The summed E-state index contributed by atoms with van der Waals surface area (Å²) in [7, 11) is 0. The molecule has 17 heavy (non-hydrogen) atoms. The first-order valence-corrected chi connectivity index (χ1v) is 5.78. The number of alkyl halides is 3. The van der Waals surface area contributed by atoms with Crippen LogP contribution in [0.5, 0.6) is 0 Å². The molecule has 4 nitrogen and oxygen atoms in total. The predicted molar refractivity (Wildman–Crippen MR) is 55.5 cm³/mol. The fourth-order valence-corrected chi connectivity index (χ4v) is 2.49. The summed E-state index contributed by atoms with van der Waals surface area (Å²) in [6.45, 7) is 0.960. The van der Waals surface area contributed by atoms with E-state index in [2.05, 4.69) is 10.6 Å². The molecule has 2 aliphatic rings. The zero-order valence-corrected chi connectivity index (χ0v) is 9.39. The standard InChI is InChI=1S/C10H16F3N3O/c11-10(12,13)8-5-15-9(17)6-16(8)7-1-3-14-4-2-7/h7-8,14H,1-6H2,(H,15,17). The summed E-state index contributed by atoms with van der Waals surface area (Å²) in [5, 5.41) is 5.40. The van der Waals surface area contributed by atoms with Crippen LogP contribution in [0.2, 0.25) is 0 Å². The van der Waals surface area contributed by atoms with Gasteiger partial charge in [-0.05, 0) is 25.9 Å². The fourth-order valence-electron chi connectivity index (χ4n) is 2.49. The normalized spacial score (nSPS) is 29.1. The molecule has 0 aliphatic carbocycles. The highest BCUT2D eigenvalue weighted by molar-refractivity contribution is 5.79. The molecule has 0 bridgehead atoms. The van der Waals surface area contributed by atoms with E-state index in [0.717, 1.165) is 0 Å². The van der Waals surface area contributed by atoms with Crippen molar-refractivity contribution in [3.05, 3.63) is 0 Å². The van der Waals surface area contributed by atoms with Crippen molar-refractivity contribution in [1.29, 1.82) is 0 Å². The highest BCUT2D eigenvalue weighted by Gasteiger charge is 2.48. The van der Waals surface area contributed by atoms with E-state index in [0.29, 0.717) is 25.9 Å². The van der Waals surface area contributed by atoms with Gasteiger partial charge in [-0.15, -0.1) is 0 Å². The number of nitrogens with one attached hydrogen (secondary N) is 2. The van der Waals surface area contributed by atoms with E-state index in [4.69, 9.17) is 0 Å². The molecule has 0 saturated carbocycles. The lowest BCUT2D eigenvalue weighted by atomic mass is 10.0. The van der Waals surface area contributed by atoms with Crippen LogP contribution in [0.25, 0.3) is 0 Å². The van der Waals surface area contributed by atoms with Gasteiger partial charge in [0.1, 0.15) is 6.04 Å². The van der Waals surface area contributed by atoms with Crippen LogP contribution in [0.3, 0.4) is 0 Å². The van der Waals surface area contributed by atoms with E-state index in [1.54, 1.807) is 0 Å². The van der Waals surface area contributed by atoms with Crippen molar-refractivity contribution in [2.45, 2.75) is 31.1 Å². The number of halogens is 3. The molecular weight excluding hydrogens is 235 g/mol. The number of hydrogen-bond donors (Lipinski definition) is 2. The van der Waals surface area contributed by atoms with Gasteiger partial charge in [0.15, 0.2) is 0 Å². The van der Waals surface area contributed by atoms with Crippen molar-refractivity contribution in [2.24, 2.45) is 0 Å². The molecule has 2 saturated heterocycles. The zero-order chi connectivity index (χ0) is 12.5. The van der Waals surface area contributed by atoms with Crippen molar-refractivity contribution in [1.82, 2.24) is 15.5 Å². The number of rotatable bonds is 1. The Kier molecular flexibility index (Phi) is 3.58. The Hall–Kier alpha value is -0.820. The van der Waals surface area contributed by atoms with Gasteiger partial charge in [0.05, 0.1) is 6.54 Å². The zero-order valence-electron chi connectivity index (χ0n) is 9.39. The van der Waals surface area contributed by atoms with Gasteiger partial charge in [0, 0.05) is 12.6 Å². The summed E-state index contributed by atoms with van der Waals surface area (Å²) >= 11 is 0. The number of nitrogens with zero attached hydrogens (tertiary/aromatic N) is 1. The maximum atomic E-state index is 12.9. The van der Waals surface area contributed by atoms with Crippen LogP contribution in [0.4, 0.5) is 13.2 Å². The average Bonchev–Trinajstić information content (AvgIpc) is 2.28. The first-order chi connectivity index (χ1) is 7.98. The Labute approximate surface area is 97.5 Å². The van der Waals surface area contributed by atoms with E-state index >= 15 is 0 Å². The van der Waals surface area contributed by atoms with Gasteiger partial charge in [-0.3, -0.25) is 9.69 Å². The van der Waals surface area contributed by atoms with Crippen molar-refractivity contribution in [2.75, 3.05) is 26.2 Å². The first-order valence-electron chi connectivity index (χ1n) is 5.78. The van der Waals surface area contributed by atoms with Gasteiger partial charge >= 0.3 is 6.18 Å². The number of carbonyl (C=O) groups excluding carboxylic acids is 1. The summed E-state index contributed by atoms with van der Waals surface area (Å²) in [6, 6.07) is -1.68. The van der Waals surface area contributed by atoms with Crippen LogP contribution < -0.4 is 10.6 Å². The Morgan fingerprint density at radius 1 is 1.24 bits per heavy atom. The smallest absolute Gasteiger partial charge is 0.353 e. The largest absolute Gasteiger partial charge is 0.405 e. The highest BCUT2D eigenvalue weighted by Crippen LogP contribution is 2.29. The second-order valence-corrected chi connectivity index (χ2v) is 4.51. The Morgan fingerprint density at radius 2 is 1.88 bits per heavy atom. The van der Waals surface area contributed by atoms with Gasteiger partial charge in [0.25, 0.3) is 0 Å². The molecule has 0 aromatic rings. The molecule has 2 fully saturated rings. The molecule has 0 spiro atoms. The van der Waals surface area contributed by atoms with Crippen LogP contribution in [0.15, 0.2) is 0 Å². The van der Waals surface area contributed by atoms with Gasteiger partial charge in [-0.1, -0.05) is 0 Å². The molecule has 0 radical (unpaired) electrons. The van der Waals surface area contributed by atoms with Crippen LogP contribution >= 0.6 is 0 Å². The molecule has 1 atom stereocenters. The Balaban J connectivity index is 2.10. The third kappa shape index (κ3) is 2.90. The highest BCUT2D eigenvalue weighted by atomic mass is 19.4. The molecular formula is C10H16F3N3O. The molecule has 2 rings (SSSR count). The van der Waals surface area contributed by atoms with Gasteiger partial charge in [0.2, 0.25) is 5.91 Å². The van der Waals surface area contributed by atoms with E-state index in [1.165, 1.54) is 4.90 Å². The number of hydrogen-bond acceptors (Lipinski definition) is 3. The second-order valence-electron chi connectivity index (χ2n) is 4.51. The summed E-state index contributed by atoms with van der Waals surface area (Å²) in [5.41, 5.74) is 0. The van der Waals surface area contributed by atoms with E-state index in [1.807, 2.05) is 0 Å². The molecule has 1 unspecified atom stereocenters. The molecule has 2 aliphatic heterocycles. The Morgan fingerprint density at radius 3 is 2.47 bits per heavy atom. The number of amides is 1. The monoisotopic (exact) mass is 251 g/mol. The first kappa shape index (κ1) is 12.6. The third-order valence-corrected chi connectivity index (χ3v) is 3.37. The van der Waals surface area contributed by atoms with Gasteiger partial charge in [-0.2, -0.15) is 13.2 Å². The molecule has 0 aromatic carbocycles. The quantitative estimate of drug-likeness (QED) is 0.695. The lowest BCUT2D eigenvalue weighted by Gasteiger charge is -2.42. The van der Waals surface area contributed by atoms with Crippen LogP contribution in [0, 0.1) is 0 Å². The average molecular weight is 251 g/mol. The van der Waals surface area contributed by atoms with E-state index in [9.17, 15) is 18.0 Å². The van der Waals surface area contributed by atoms with Crippen molar-refractivity contribution >= 4 is 5.91 Å². The van der Waals surface area contributed by atoms with Crippen LogP contribution in [-0.2, 0) is 4.79 Å². The van der Waals surface area contributed by atoms with Crippen LogP contribution in [0.1, 0.15) is 12.8 Å². The minimum Gasteiger partial charge on any atom is -0.353 e. The van der Waals surface area contributed by atoms with Crippen LogP contribution in [-0.4, -0.2) is 55.2 Å². The molecule has 7 heteroatoms. The van der Waals surface area contributed by atoms with Gasteiger partial charge < -0.3 is 10.6 Å². The van der Waals surface area contributed by atoms with E-state index < -0.39 is 12.2 Å². The number of piperazine rings is 1. The third-order valence-electron chi connectivity index (χ3n) is 3.37. The van der Waals surface area contributed by atoms with E-state index in [-0.39, 0.29) is 25.0 Å². The molecule has 0 aromatic heterocycles. The van der Waals surface area contributed by atoms with Crippen molar-refractivity contribution in [3.8, 4) is 0 Å². The lowest BCUT2D eigenvalue weighted by molar-refractivity contribution is -0.195. The minimum atomic E-state index is -4.28. The summed E-state index contributed by atoms with van der Waals surface area (Å²) in [5.74, 6) is -0.316. The summed E-state index contributed by atoms with van der Waals surface area (Å²) < 4.78 is 38.6. The lowest BCUT2D eigenvalue weighted by Crippen LogP contribution is -2.63. The predicted octanol–water partition coefficient (Wildman–Crippen LogP) is 0.101. The molecule has 2 N–H and O–H groups in total. The van der Waals surface area contributed by atoms with Gasteiger partial charge in [-0.25, -0.2) is 0 Å². The molecule has 1 amide bonds. The minimum absolute atomic E-state index is 0.144.